The lowest BCUT2D eigenvalue weighted by Gasteiger charge is -2.46. The van der Waals surface area contributed by atoms with E-state index in [0.717, 1.165) is 16.4 Å². The molecule has 6 nitrogen and oxygen atoms in total. The molecule has 1 saturated heterocycles. The fraction of sp³-hybridized carbons (Fsp3) is 0.562. The Morgan fingerprint density at radius 1 is 1.30 bits per heavy atom. The van der Waals surface area contributed by atoms with Crippen LogP contribution >= 0.6 is 22.6 Å². The van der Waals surface area contributed by atoms with E-state index in [1.165, 1.54) is 4.90 Å². The van der Waals surface area contributed by atoms with Crippen LogP contribution in [0.15, 0.2) is 12.1 Å². The van der Waals surface area contributed by atoms with E-state index in [1.807, 2.05) is 13.0 Å². The molecule has 0 aliphatic carbocycles. The van der Waals surface area contributed by atoms with Gasteiger partial charge in [0.2, 0.25) is 0 Å². The minimum absolute atomic E-state index is 0.179. The molecule has 0 aromatic heterocycles. The minimum atomic E-state index is -1.15. The topological polar surface area (TPSA) is 68.2 Å². The van der Waals surface area contributed by atoms with Crippen LogP contribution in [0.3, 0.4) is 0 Å². The fourth-order valence-corrected chi connectivity index (χ4v) is 3.16. The summed E-state index contributed by atoms with van der Waals surface area (Å²) in [6.45, 7) is 2.80. The van der Waals surface area contributed by atoms with Crippen LogP contribution in [0.25, 0.3) is 0 Å². The number of halogens is 1. The van der Waals surface area contributed by atoms with E-state index < -0.39 is 5.60 Å². The van der Waals surface area contributed by atoms with E-state index in [4.69, 9.17) is 14.2 Å². The molecule has 0 radical (unpaired) electrons. The van der Waals surface area contributed by atoms with Crippen molar-refractivity contribution in [3.63, 3.8) is 0 Å². The third-order valence-electron chi connectivity index (χ3n) is 3.86. The Balaban J connectivity index is 2.10. The predicted molar refractivity (Wildman–Crippen MR) is 94.0 cm³/mol. The molecule has 1 aliphatic rings. The third kappa shape index (κ3) is 3.82. The van der Waals surface area contributed by atoms with Crippen molar-refractivity contribution in [1.29, 1.82) is 0 Å². The largest absolute Gasteiger partial charge is 0.496 e. The Bertz CT molecular complexity index is 572. The van der Waals surface area contributed by atoms with Crippen molar-refractivity contribution in [2.45, 2.75) is 25.4 Å². The average molecular weight is 435 g/mol. The van der Waals surface area contributed by atoms with Gasteiger partial charge in [-0.3, -0.25) is 0 Å². The molecule has 0 spiro atoms. The Morgan fingerprint density at radius 2 is 1.96 bits per heavy atom. The Hall–Kier alpha value is -1.22. The number of ether oxygens (including phenoxy) is 3. The third-order valence-corrected chi connectivity index (χ3v) is 4.70. The smallest absolute Gasteiger partial charge is 0.409 e. The summed E-state index contributed by atoms with van der Waals surface area (Å²) in [6, 6.07) is 3.58. The lowest BCUT2D eigenvalue weighted by atomic mass is 9.85. The summed E-state index contributed by atoms with van der Waals surface area (Å²) in [4.78, 5) is 13.4. The number of nitrogens with zero attached hydrogens (tertiary/aromatic N) is 1. The van der Waals surface area contributed by atoms with Crippen LogP contribution in [0.2, 0.25) is 0 Å². The van der Waals surface area contributed by atoms with Gasteiger partial charge in [-0.2, -0.15) is 0 Å². The Morgan fingerprint density at radius 3 is 2.52 bits per heavy atom. The molecule has 0 atom stereocenters. The van der Waals surface area contributed by atoms with Gasteiger partial charge in [0, 0.05) is 5.56 Å². The monoisotopic (exact) mass is 435 g/mol. The number of methoxy groups -OCH3 is 2. The summed E-state index contributed by atoms with van der Waals surface area (Å²) < 4.78 is 16.7. The van der Waals surface area contributed by atoms with Gasteiger partial charge in [-0.1, -0.05) is 13.3 Å². The van der Waals surface area contributed by atoms with Crippen molar-refractivity contribution in [1.82, 2.24) is 4.90 Å². The predicted octanol–water partition coefficient (Wildman–Crippen LogP) is 2.75. The molecule has 1 aromatic rings. The molecule has 1 N–H and O–H groups in total. The molecule has 1 aromatic carbocycles. The number of aliphatic hydroxyl groups is 1. The first-order valence-corrected chi connectivity index (χ1v) is 8.59. The maximum atomic E-state index is 11.9. The number of carbonyl (C=O) groups excluding carboxylic acids is 1. The first-order valence-electron chi connectivity index (χ1n) is 7.51. The lowest BCUT2D eigenvalue weighted by molar-refractivity contribution is -0.0953. The molecule has 0 bridgehead atoms. The molecular weight excluding hydrogens is 413 g/mol. The second-order valence-electron chi connectivity index (χ2n) is 5.54. The van der Waals surface area contributed by atoms with E-state index in [0.29, 0.717) is 23.7 Å². The first-order chi connectivity index (χ1) is 10.9. The minimum Gasteiger partial charge on any atom is -0.496 e. The van der Waals surface area contributed by atoms with Crippen molar-refractivity contribution in [3.05, 3.63) is 21.3 Å². The van der Waals surface area contributed by atoms with Crippen LogP contribution in [0.5, 0.6) is 11.5 Å². The Labute approximate surface area is 149 Å². The molecule has 0 unspecified atom stereocenters. The number of rotatable bonds is 6. The molecule has 128 valence electrons. The molecule has 23 heavy (non-hydrogen) atoms. The van der Waals surface area contributed by atoms with Crippen LogP contribution in [0.1, 0.15) is 25.3 Å². The van der Waals surface area contributed by atoms with Crippen molar-refractivity contribution in [2.24, 2.45) is 0 Å². The number of β-amino-alcohol motifs (C(OH)–C–C–N with tert-alkyl or cyclic N) is 1. The van der Waals surface area contributed by atoms with Crippen LogP contribution < -0.4 is 9.47 Å². The quantitative estimate of drug-likeness (QED) is 0.550. The summed E-state index contributed by atoms with van der Waals surface area (Å²) in [5.74, 6) is 1.25. The molecule has 1 aliphatic heterocycles. The number of hydrogen-bond acceptors (Lipinski definition) is 5. The fourth-order valence-electron chi connectivity index (χ4n) is 2.50. The number of hydrogen-bond donors (Lipinski definition) is 1. The van der Waals surface area contributed by atoms with Gasteiger partial charge in [0.15, 0.2) is 0 Å². The van der Waals surface area contributed by atoms with Gasteiger partial charge in [0.1, 0.15) is 17.1 Å². The highest BCUT2D eigenvalue weighted by molar-refractivity contribution is 14.1. The highest BCUT2D eigenvalue weighted by Gasteiger charge is 2.47. The van der Waals surface area contributed by atoms with Crippen LogP contribution in [-0.4, -0.2) is 50.0 Å². The van der Waals surface area contributed by atoms with E-state index in [-0.39, 0.29) is 19.2 Å². The van der Waals surface area contributed by atoms with Gasteiger partial charge in [-0.25, -0.2) is 4.79 Å². The van der Waals surface area contributed by atoms with E-state index in [9.17, 15) is 9.90 Å². The SMILES string of the molecule is CCCCOC(=O)N1CC(O)(c2cc(OC)c(I)cc2OC)C1. The second kappa shape index (κ2) is 7.57. The summed E-state index contributed by atoms with van der Waals surface area (Å²) >= 11 is 2.15. The highest BCUT2D eigenvalue weighted by Crippen LogP contribution is 2.41. The normalized spacial score (nSPS) is 15.8. The number of benzene rings is 1. The maximum absolute atomic E-state index is 11.9. The maximum Gasteiger partial charge on any atom is 0.409 e. The van der Waals surface area contributed by atoms with E-state index >= 15 is 0 Å². The number of amides is 1. The van der Waals surface area contributed by atoms with Gasteiger partial charge in [0.05, 0.1) is 37.5 Å². The molecule has 1 amide bonds. The van der Waals surface area contributed by atoms with Gasteiger partial charge in [-0.15, -0.1) is 0 Å². The van der Waals surface area contributed by atoms with Gasteiger partial charge < -0.3 is 24.2 Å². The van der Waals surface area contributed by atoms with Gasteiger partial charge in [0.25, 0.3) is 0 Å². The van der Waals surface area contributed by atoms with Gasteiger partial charge >= 0.3 is 6.09 Å². The molecule has 1 fully saturated rings. The zero-order valence-corrected chi connectivity index (χ0v) is 15.8. The van der Waals surface area contributed by atoms with Crippen LogP contribution in [0, 0.1) is 3.57 Å². The van der Waals surface area contributed by atoms with Crippen LogP contribution in [-0.2, 0) is 10.3 Å². The average Bonchev–Trinajstić information content (AvgIpc) is 2.51. The van der Waals surface area contributed by atoms with Crippen molar-refractivity contribution in [3.8, 4) is 11.5 Å². The molecular formula is C16H22INO5. The highest BCUT2D eigenvalue weighted by atomic mass is 127. The summed E-state index contributed by atoms with van der Waals surface area (Å²) in [5.41, 5.74) is -0.526. The molecule has 2 rings (SSSR count). The summed E-state index contributed by atoms with van der Waals surface area (Å²) in [6.07, 6.45) is 1.42. The van der Waals surface area contributed by atoms with E-state index in [2.05, 4.69) is 22.6 Å². The zero-order valence-electron chi connectivity index (χ0n) is 13.6. The zero-order chi connectivity index (χ0) is 17.0. The summed E-state index contributed by atoms with van der Waals surface area (Å²) in [7, 11) is 3.14. The number of unbranched alkanes of at least 4 members (excludes halogenated alkanes) is 1. The van der Waals surface area contributed by atoms with Crippen molar-refractivity contribution in [2.75, 3.05) is 33.9 Å². The standard InChI is InChI=1S/C16H22INO5/c1-4-5-6-23-15(19)18-9-16(20,10-18)11-7-14(22-3)12(17)8-13(11)21-2/h7-8,20H,4-6,9-10H2,1-3H3. The molecule has 0 saturated carbocycles. The van der Waals surface area contributed by atoms with Crippen LogP contribution in [0.4, 0.5) is 4.79 Å². The van der Waals surface area contributed by atoms with Crippen molar-refractivity contribution < 1.29 is 24.1 Å². The first kappa shape index (κ1) is 18.1. The molecule has 1 heterocycles. The lowest BCUT2D eigenvalue weighted by Crippen LogP contribution is -2.61. The Kier molecular flexibility index (Phi) is 5.96. The molecule has 7 heteroatoms. The van der Waals surface area contributed by atoms with Gasteiger partial charge in [-0.05, 0) is 41.1 Å². The summed E-state index contributed by atoms with van der Waals surface area (Å²) in [5, 5.41) is 10.8. The van der Waals surface area contributed by atoms with Crippen molar-refractivity contribution >= 4 is 28.7 Å². The van der Waals surface area contributed by atoms with E-state index in [1.54, 1.807) is 20.3 Å². The number of likely N-dealkylation sites (tertiary alicyclic amines) is 1. The second-order valence-corrected chi connectivity index (χ2v) is 6.70. The number of carbonyl (C=O) groups is 1.